The van der Waals surface area contributed by atoms with Gasteiger partial charge in [-0.3, -0.25) is 9.78 Å². The minimum absolute atomic E-state index is 0.189. The zero-order chi connectivity index (χ0) is 16.2. The molecule has 120 valence electrons. The van der Waals surface area contributed by atoms with Crippen molar-refractivity contribution in [1.82, 2.24) is 4.98 Å². The van der Waals surface area contributed by atoms with Crippen LogP contribution in [0.3, 0.4) is 0 Å². The van der Waals surface area contributed by atoms with Crippen molar-refractivity contribution in [3.8, 4) is 0 Å². The van der Waals surface area contributed by atoms with Crippen LogP contribution in [0.5, 0.6) is 0 Å². The first-order valence-electron chi connectivity index (χ1n) is 7.17. The third-order valence-corrected chi connectivity index (χ3v) is 4.45. The summed E-state index contributed by atoms with van der Waals surface area (Å²) in [5, 5.41) is 2.98. The molecule has 0 radical (unpaired) electrons. The SMILES string of the molecule is O=C(Nc1cc(Br)ccc1N1CCOCC1)c1cncc(Br)c1. The molecule has 1 aliphatic rings. The Hall–Kier alpha value is -1.44. The third kappa shape index (κ3) is 4.10. The molecule has 0 aliphatic carbocycles. The van der Waals surface area contributed by atoms with E-state index >= 15 is 0 Å². The summed E-state index contributed by atoms with van der Waals surface area (Å²) >= 11 is 6.80. The molecular weight excluding hydrogens is 426 g/mol. The molecule has 2 heterocycles. The summed E-state index contributed by atoms with van der Waals surface area (Å²) in [6.07, 6.45) is 3.20. The van der Waals surface area contributed by atoms with E-state index in [2.05, 4.69) is 47.1 Å². The highest BCUT2D eigenvalue weighted by atomic mass is 79.9. The van der Waals surface area contributed by atoms with Gasteiger partial charge in [0.15, 0.2) is 0 Å². The average molecular weight is 441 g/mol. The number of hydrogen-bond acceptors (Lipinski definition) is 4. The fraction of sp³-hybridized carbons (Fsp3) is 0.250. The van der Waals surface area contributed by atoms with E-state index in [-0.39, 0.29) is 5.91 Å². The van der Waals surface area contributed by atoms with E-state index in [9.17, 15) is 4.79 Å². The van der Waals surface area contributed by atoms with E-state index in [1.54, 1.807) is 18.5 Å². The lowest BCUT2D eigenvalue weighted by Gasteiger charge is -2.30. The number of benzene rings is 1. The number of carbonyl (C=O) groups excluding carboxylic acids is 1. The van der Waals surface area contributed by atoms with Crippen molar-refractivity contribution in [2.24, 2.45) is 0 Å². The smallest absolute Gasteiger partial charge is 0.257 e. The van der Waals surface area contributed by atoms with Crippen molar-refractivity contribution >= 4 is 49.1 Å². The molecule has 7 heteroatoms. The lowest BCUT2D eigenvalue weighted by Crippen LogP contribution is -2.36. The predicted octanol–water partition coefficient (Wildman–Crippen LogP) is 3.70. The highest BCUT2D eigenvalue weighted by Gasteiger charge is 2.17. The van der Waals surface area contributed by atoms with Gasteiger partial charge in [0.05, 0.1) is 30.2 Å². The van der Waals surface area contributed by atoms with Gasteiger partial charge in [0.25, 0.3) is 5.91 Å². The van der Waals surface area contributed by atoms with Gasteiger partial charge in [-0.05, 0) is 40.2 Å². The van der Waals surface area contributed by atoms with Crippen LogP contribution in [0.25, 0.3) is 0 Å². The zero-order valence-corrected chi connectivity index (χ0v) is 15.4. The Bertz CT molecular complexity index is 718. The topological polar surface area (TPSA) is 54.5 Å². The fourth-order valence-electron chi connectivity index (χ4n) is 2.42. The van der Waals surface area contributed by atoms with Crippen LogP contribution in [0.2, 0.25) is 0 Å². The van der Waals surface area contributed by atoms with Crippen LogP contribution in [0.4, 0.5) is 11.4 Å². The Kier molecular flexibility index (Phi) is 5.30. The first-order chi connectivity index (χ1) is 11.1. The Labute approximate surface area is 151 Å². The number of nitrogens with zero attached hydrogens (tertiary/aromatic N) is 2. The number of rotatable bonds is 3. The number of halogens is 2. The van der Waals surface area contributed by atoms with Gasteiger partial charge >= 0.3 is 0 Å². The van der Waals surface area contributed by atoms with Crippen molar-refractivity contribution in [2.75, 3.05) is 36.5 Å². The standard InChI is InChI=1S/C16H15Br2N3O2/c17-12-1-2-15(21-3-5-23-6-4-21)14(8-12)20-16(22)11-7-13(18)10-19-9-11/h1-2,7-10H,3-6H2,(H,20,22). The van der Waals surface area contributed by atoms with Crippen LogP contribution in [0.1, 0.15) is 10.4 Å². The van der Waals surface area contributed by atoms with Crippen LogP contribution in [0, 0.1) is 0 Å². The molecule has 1 amide bonds. The van der Waals surface area contributed by atoms with E-state index in [1.807, 2.05) is 18.2 Å². The number of anilines is 2. The maximum atomic E-state index is 12.5. The number of ether oxygens (including phenoxy) is 1. The van der Waals surface area contributed by atoms with Gasteiger partial charge in [-0.2, -0.15) is 0 Å². The van der Waals surface area contributed by atoms with Crippen LogP contribution >= 0.6 is 31.9 Å². The van der Waals surface area contributed by atoms with Crippen LogP contribution in [-0.4, -0.2) is 37.2 Å². The van der Waals surface area contributed by atoms with Gasteiger partial charge < -0.3 is 15.0 Å². The van der Waals surface area contributed by atoms with E-state index < -0.39 is 0 Å². The fourth-order valence-corrected chi connectivity index (χ4v) is 3.14. The highest BCUT2D eigenvalue weighted by molar-refractivity contribution is 9.10. The molecule has 1 N–H and O–H groups in total. The van der Waals surface area contributed by atoms with Crippen molar-refractivity contribution in [1.29, 1.82) is 0 Å². The first kappa shape index (κ1) is 16.4. The van der Waals surface area contributed by atoms with E-state index in [0.29, 0.717) is 18.8 Å². The number of amides is 1. The van der Waals surface area contributed by atoms with Crippen molar-refractivity contribution < 1.29 is 9.53 Å². The quantitative estimate of drug-likeness (QED) is 0.790. The number of hydrogen-bond donors (Lipinski definition) is 1. The van der Waals surface area contributed by atoms with Crippen LogP contribution < -0.4 is 10.2 Å². The molecule has 1 saturated heterocycles. The molecule has 5 nitrogen and oxygen atoms in total. The summed E-state index contributed by atoms with van der Waals surface area (Å²) in [6, 6.07) is 7.63. The molecule has 1 aromatic carbocycles. The molecule has 1 fully saturated rings. The molecule has 0 bridgehead atoms. The lowest BCUT2D eigenvalue weighted by molar-refractivity contribution is 0.102. The van der Waals surface area contributed by atoms with Gasteiger partial charge in [-0.25, -0.2) is 0 Å². The second-order valence-corrected chi connectivity index (χ2v) is 6.94. The maximum absolute atomic E-state index is 12.5. The summed E-state index contributed by atoms with van der Waals surface area (Å²) < 4.78 is 7.08. The van der Waals surface area contributed by atoms with E-state index in [0.717, 1.165) is 33.4 Å². The number of carbonyl (C=O) groups is 1. The normalized spacial score (nSPS) is 14.6. The molecule has 0 spiro atoms. The third-order valence-electron chi connectivity index (χ3n) is 3.53. The summed E-state index contributed by atoms with van der Waals surface area (Å²) in [5.41, 5.74) is 2.27. The zero-order valence-electron chi connectivity index (χ0n) is 12.3. The van der Waals surface area contributed by atoms with Crippen molar-refractivity contribution in [2.45, 2.75) is 0 Å². The summed E-state index contributed by atoms with van der Waals surface area (Å²) in [5.74, 6) is -0.189. The second kappa shape index (κ2) is 7.42. The van der Waals surface area contributed by atoms with Gasteiger partial charge in [0.1, 0.15) is 0 Å². The van der Waals surface area contributed by atoms with E-state index in [1.165, 1.54) is 0 Å². The van der Waals surface area contributed by atoms with Gasteiger partial charge in [-0.15, -0.1) is 0 Å². The lowest BCUT2D eigenvalue weighted by atomic mass is 10.2. The summed E-state index contributed by atoms with van der Waals surface area (Å²) in [4.78, 5) is 18.7. The molecule has 1 aromatic heterocycles. The van der Waals surface area contributed by atoms with Crippen LogP contribution in [0.15, 0.2) is 45.6 Å². The molecule has 0 atom stereocenters. The summed E-state index contributed by atoms with van der Waals surface area (Å²) in [6.45, 7) is 3.00. The highest BCUT2D eigenvalue weighted by Crippen LogP contribution is 2.30. The van der Waals surface area contributed by atoms with Crippen molar-refractivity contribution in [3.63, 3.8) is 0 Å². The monoisotopic (exact) mass is 439 g/mol. The number of nitrogens with one attached hydrogen (secondary N) is 1. The number of aromatic nitrogens is 1. The van der Waals surface area contributed by atoms with Gasteiger partial charge in [0, 0.05) is 34.4 Å². The molecular formula is C16H15Br2N3O2. The van der Waals surface area contributed by atoms with Crippen LogP contribution in [-0.2, 0) is 4.74 Å². The molecule has 0 unspecified atom stereocenters. The molecule has 23 heavy (non-hydrogen) atoms. The molecule has 0 saturated carbocycles. The molecule has 2 aromatic rings. The molecule has 3 rings (SSSR count). The Balaban J connectivity index is 1.86. The Morgan fingerprint density at radius 1 is 1.13 bits per heavy atom. The van der Waals surface area contributed by atoms with Gasteiger partial charge in [-0.1, -0.05) is 15.9 Å². The Morgan fingerprint density at radius 3 is 2.65 bits per heavy atom. The van der Waals surface area contributed by atoms with Crippen molar-refractivity contribution in [3.05, 3.63) is 51.2 Å². The first-order valence-corrected chi connectivity index (χ1v) is 8.76. The second-order valence-electron chi connectivity index (χ2n) is 5.11. The van der Waals surface area contributed by atoms with E-state index in [4.69, 9.17) is 4.74 Å². The predicted molar refractivity (Wildman–Crippen MR) is 97.1 cm³/mol. The number of morpholine rings is 1. The maximum Gasteiger partial charge on any atom is 0.257 e. The van der Waals surface area contributed by atoms with Gasteiger partial charge in [0.2, 0.25) is 0 Å². The average Bonchev–Trinajstić information content (AvgIpc) is 2.56. The minimum Gasteiger partial charge on any atom is -0.378 e. The molecule has 1 aliphatic heterocycles. The minimum atomic E-state index is -0.189. The number of pyridine rings is 1. The Morgan fingerprint density at radius 2 is 1.91 bits per heavy atom. The summed E-state index contributed by atoms with van der Waals surface area (Å²) in [7, 11) is 0. The largest absolute Gasteiger partial charge is 0.378 e.